The Labute approximate surface area is 313 Å². The quantitative estimate of drug-likeness (QED) is 0.0129. The van der Waals surface area contributed by atoms with E-state index in [1.54, 1.807) is 0 Å². The minimum atomic E-state index is -5.02. The molecule has 6 unspecified atom stereocenters. The number of phosphoric acid groups is 1. The Morgan fingerprint density at radius 1 is 0.596 bits per heavy atom. The van der Waals surface area contributed by atoms with Gasteiger partial charge in [-0.2, -0.15) is 0 Å². The first-order valence-corrected chi connectivity index (χ1v) is 21.7. The first-order chi connectivity index (χ1) is 25.0. The van der Waals surface area contributed by atoms with E-state index in [-0.39, 0.29) is 13.0 Å². The molecular weight excluding hydrogens is 691 g/mol. The molecule has 0 bridgehead atoms. The summed E-state index contributed by atoms with van der Waals surface area (Å²) in [5.41, 5.74) is 0. The highest BCUT2D eigenvalue weighted by Crippen LogP contribution is 2.47. The van der Waals surface area contributed by atoms with Crippen LogP contribution >= 0.6 is 7.82 Å². The number of ether oxygens (including phenoxy) is 2. The lowest BCUT2D eigenvalue weighted by molar-refractivity contribution is -0.220. The molecule has 0 saturated heterocycles. The lowest BCUT2D eigenvalue weighted by Gasteiger charge is -2.41. The number of hydrogen-bond donors (Lipinski definition) is 6. The van der Waals surface area contributed by atoms with Gasteiger partial charge in [0.1, 0.15) is 43.2 Å². The monoisotopic (exact) mass is 764 g/mol. The standard InChI is InChI=1S/C39H73O12P/c1-3-5-7-9-11-13-15-16-17-19-21-23-25-27-29-48-30-32(50-33(40)28-26-24-22-20-18-14-12-10-8-6-4-2)31-49-52(46,47)51-39-37(44)35(42)34(41)36(43)38(39)45/h10,12,27,29,32,34-39,41-45H,3-9,11,13-26,28,30-31H2,1-2H3,(H,46,47)/b12-10-,29-27-/t32-,34?,35-,36?,37?,38?,39?/m1/s1. The van der Waals surface area contributed by atoms with Crippen molar-refractivity contribution in [2.75, 3.05) is 13.2 Å². The van der Waals surface area contributed by atoms with Crippen LogP contribution in [0, 0.1) is 0 Å². The molecule has 1 fully saturated rings. The SMILES string of the molecule is CCCC/C=C\CCCCCCCC(=O)O[C@H](CO/C=C\CCCCCCCCCCCCCC)COP(=O)(O)OC1C(O)C(O)C(O)[C@@H](O)C1O. The highest BCUT2D eigenvalue weighted by atomic mass is 31.2. The predicted octanol–water partition coefficient (Wildman–Crippen LogP) is 7.32. The highest BCUT2D eigenvalue weighted by Gasteiger charge is 2.51. The molecule has 0 aromatic rings. The van der Waals surface area contributed by atoms with Crippen molar-refractivity contribution in [3.63, 3.8) is 0 Å². The maximum atomic E-state index is 12.7. The number of esters is 1. The molecule has 6 N–H and O–H groups in total. The van der Waals surface area contributed by atoms with Crippen molar-refractivity contribution in [1.29, 1.82) is 0 Å². The minimum absolute atomic E-state index is 0.161. The average Bonchev–Trinajstić information content (AvgIpc) is 3.12. The highest BCUT2D eigenvalue weighted by molar-refractivity contribution is 7.47. The molecule has 1 aliphatic carbocycles. The van der Waals surface area contributed by atoms with Crippen LogP contribution < -0.4 is 0 Å². The molecular formula is C39H73O12P. The van der Waals surface area contributed by atoms with Gasteiger partial charge in [0.15, 0.2) is 6.10 Å². The summed E-state index contributed by atoms with van der Waals surface area (Å²) in [6, 6.07) is 0. The Morgan fingerprint density at radius 3 is 1.58 bits per heavy atom. The Kier molecular flexibility index (Phi) is 29.0. The number of allylic oxidation sites excluding steroid dienone is 3. The molecule has 1 rings (SSSR count). The first kappa shape index (κ1) is 48.7. The van der Waals surface area contributed by atoms with E-state index in [9.17, 15) is 39.8 Å². The van der Waals surface area contributed by atoms with E-state index >= 15 is 0 Å². The zero-order valence-corrected chi connectivity index (χ0v) is 33.0. The number of phosphoric ester groups is 1. The number of unbranched alkanes of at least 4 members (excludes halogenated alkanes) is 19. The molecule has 0 spiro atoms. The lowest BCUT2D eigenvalue weighted by atomic mass is 9.85. The van der Waals surface area contributed by atoms with Crippen LogP contribution in [0.4, 0.5) is 0 Å². The van der Waals surface area contributed by atoms with Crippen molar-refractivity contribution in [2.45, 2.75) is 204 Å². The number of hydrogen-bond acceptors (Lipinski definition) is 11. The Hall–Kier alpha value is -1.34. The third-order valence-electron chi connectivity index (χ3n) is 9.39. The molecule has 0 amide bonds. The average molecular weight is 765 g/mol. The van der Waals surface area contributed by atoms with Gasteiger partial charge in [-0.15, -0.1) is 0 Å². The number of carbonyl (C=O) groups excluding carboxylic acids is 1. The molecule has 12 nitrogen and oxygen atoms in total. The normalized spacial score (nSPS) is 24.0. The molecule has 0 aromatic carbocycles. The molecule has 8 atom stereocenters. The van der Waals surface area contributed by atoms with E-state index in [4.69, 9.17) is 18.5 Å². The van der Waals surface area contributed by atoms with Gasteiger partial charge < -0.3 is 39.9 Å². The Balaban J connectivity index is 2.49. The van der Waals surface area contributed by atoms with Crippen LogP contribution in [0.15, 0.2) is 24.5 Å². The van der Waals surface area contributed by atoms with Gasteiger partial charge in [-0.25, -0.2) is 4.57 Å². The van der Waals surface area contributed by atoms with Crippen LogP contribution in [0.5, 0.6) is 0 Å². The van der Waals surface area contributed by atoms with Crippen molar-refractivity contribution < 1.29 is 58.3 Å². The fourth-order valence-corrected chi connectivity index (χ4v) is 7.04. The fourth-order valence-electron chi connectivity index (χ4n) is 6.07. The van der Waals surface area contributed by atoms with Crippen LogP contribution in [0.3, 0.4) is 0 Å². The van der Waals surface area contributed by atoms with Crippen molar-refractivity contribution >= 4 is 13.8 Å². The van der Waals surface area contributed by atoms with Gasteiger partial charge in [-0.05, 0) is 44.6 Å². The van der Waals surface area contributed by atoms with Gasteiger partial charge in [0.05, 0.1) is 12.9 Å². The number of aliphatic hydroxyl groups is 5. The molecule has 0 aliphatic heterocycles. The zero-order chi connectivity index (χ0) is 38.5. The summed E-state index contributed by atoms with van der Waals surface area (Å²) in [7, 11) is -5.02. The largest absolute Gasteiger partial charge is 0.498 e. The van der Waals surface area contributed by atoms with Crippen molar-refractivity contribution in [3.8, 4) is 0 Å². The van der Waals surface area contributed by atoms with Gasteiger partial charge in [0, 0.05) is 6.42 Å². The third-order valence-corrected chi connectivity index (χ3v) is 10.4. The second-order valence-corrected chi connectivity index (χ2v) is 15.6. The van der Waals surface area contributed by atoms with Crippen molar-refractivity contribution in [3.05, 3.63) is 24.5 Å². The summed E-state index contributed by atoms with van der Waals surface area (Å²) < 4.78 is 33.7. The minimum Gasteiger partial charge on any atom is -0.498 e. The van der Waals surface area contributed by atoms with Crippen LogP contribution in [0.1, 0.15) is 162 Å². The zero-order valence-electron chi connectivity index (χ0n) is 32.1. The molecule has 1 aliphatic rings. The van der Waals surface area contributed by atoms with Gasteiger partial charge in [0.25, 0.3) is 0 Å². The van der Waals surface area contributed by atoms with Crippen molar-refractivity contribution in [1.82, 2.24) is 0 Å². The summed E-state index contributed by atoms with van der Waals surface area (Å²) in [6.45, 7) is 3.65. The molecule has 0 radical (unpaired) electrons. The van der Waals surface area contributed by atoms with E-state index in [0.717, 1.165) is 57.8 Å². The van der Waals surface area contributed by atoms with Crippen LogP contribution in [-0.4, -0.2) is 92.3 Å². The molecule has 0 aromatic heterocycles. The predicted molar refractivity (Wildman–Crippen MR) is 202 cm³/mol. The Morgan fingerprint density at radius 2 is 1.04 bits per heavy atom. The summed E-state index contributed by atoms with van der Waals surface area (Å²) in [5, 5.41) is 49.9. The summed E-state index contributed by atoms with van der Waals surface area (Å²) in [6.07, 6.45) is 20.6. The van der Waals surface area contributed by atoms with E-state index in [1.807, 2.05) is 6.08 Å². The van der Waals surface area contributed by atoms with Gasteiger partial charge >= 0.3 is 13.8 Å². The van der Waals surface area contributed by atoms with Gasteiger partial charge in [-0.1, -0.05) is 129 Å². The lowest BCUT2D eigenvalue weighted by Crippen LogP contribution is -2.64. The van der Waals surface area contributed by atoms with Crippen LogP contribution in [0.2, 0.25) is 0 Å². The Bertz CT molecular complexity index is 963. The molecule has 52 heavy (non-hydrogen) atoms. The number of carbonyl (C=O) groups is 1. The third kappa shape index (κ3) is 23.4. The van der Waals surface area contributed by atoms with Crippen molar-refractivity contribution in [2.24, 2.45) is 0 Å². The first-order valence-electron chi connectivity index (χ1n) is 20.2. The summed E-state index contributed by atoms with van der Waals surface area (Å²) in [4.78, 5) is 23.0. The topological polar surface area (TPSA) is 192 Å². The second kappa shape index (κ2) is 30.9. The summed E-state index contributed by atoms with van der Waals surface area (Å²) >= 11 is 0. The maximum absolute atomic E-state index is 12.7. The molecule has 306 valence electrons. The van der Waals surface area contributed by atoms with Crippen LogP contribution in [0.25, 0.3) is 0 Å². The molecule has 1 saturated carbocycles. The number of rotatable bonds is 33. The second-order valence-electron chi connectivity index (χ2n) is 14.2. The molecule has 0 heterocycles. The molecule has 13 heteroatoms. The maximum Gasteiger partial charge on any atom is 0.472 e. The van der Waals surface area contributed by atoms with Gasteiger partial charge in [-0.3, -0.25) is 13.8 Å². The van der Waals surface area contributed by atoms with E-state index in [0.29, 0.717) is 6.42 Å². The smallest absolute Gasteiger partial charge is 0.472 e. The number of aliphatic hydroxyl groups excluding tert-OH is 5. The fraction of sp³-hybridized carbons (Fsp3) is 0.872. The van der Waals surface area contributed by atoms with Crippen LogP contribution in [-0.2, 0) is 27.9 Å². The van der Waals surface area contributed by atoms with E-state index in [1.165, 1.54) is 83.3 Å². The summed E-state index contributed by atoms with van der Waals surface area (Å²) in [5.74, 6) is -0.511. The van der Waals surface area contributed by atoms with E-state index in [2.05, 4.69) is 26.0 Å². The van der Waals surface area contributed by atoms with E-state index < -0.39 is 63.1 Å². The van der Waals surface area contributed by atoms with Gasteiger partial charge in [0.2, 0.25) is 0 Å².